The van der Waals surface area contributed by atoms with Crippen LogP contribution in [0.2, 0.25) is 0 Å². The Balaban J connectivity index is 2.35. The molecule has 25 heavy (non-hydrogen) atoms. The number of amides is 2. The maximum absolute atomic E-state index is 13.5. The van der Waals surface area contributed by atoms with Crippen LogP contribution in [-0.4, -0.2) is 40.4 Å². The van der Waals surface area contributed by atoms with E-state index in [9.17, 15) is 18.1 Å². The standard InChI is InChI=1S/C15H23F2N2O5P/c1-11(6-3-4-9-24-25(21,22)23)19(2)15(20)18-10-12-7-5-8-13(16)14(12)17/h5,7-8,11H,3-4,6,9-10H2,1-2H3,(H,18,20)(H2,21,22,23)/t11-/m0/s1. The van der Waals surface area contributed by atoms with Crippen LogP contribution in [0.25, 0.3) is 0 Å². The van der Waals surface area contributed by atoms with Gasteiger partial charge in [-0.2, -0.15) is 0 Å². The lowest BCUT2D eigenvalue weighted by Crippen LogP contribution is -2.42. The molecule has 0 radical (unpaired) electrons. The minimum absolute atomic E-state index is 0.0592. The van der Waals surface area contributed by atoms with Crippen LogP contribution < -0.4 is 5.32 Å². The number of rotatable bonds is 9. The van der Waals surface area contributed by atoms with Crippen LogP contribution in [0, 0.1) is 11.6 Å². The summed E-state index contributed by atoms with van der Waals surface area (Å²) < 4.78 is 41.5. The molecular weight excluding hydrogens is 357 g/mol. The molecule has 0 aliphatic heterocycles. The number of hydrogen-bond donors (Lipinski definition) is 3. The number of benzene rings is 1. The minimum atomic E-state index is -4.44. The van der Waals surface area contributed by atoms with Gasteiger partial charge < -0.3 is 20.0 Å². The Kier molecular flexibility index (Phi) is 8.44. The van der Waals surface area contributed by atoms with Gasteiger partial charge in [-0.15, -0.1) is 0 Å². The van der Waals surface area contributed by atoms with Crippen molar-refractivity contribution in [1.29, 1.82) is 0 Å². The van der Waals surface area contributed by atoms with Crippen molar-refractivity contribution in [3.63, 3.8) is 0 Å². The molecule has 142 valence electrons. The van der Waals surface area contributed by atoms with Crippen LogP contribution in [0.4, 0.5) is 13.6 Å². The summed E-state index contributed by atoms with van der Waals surface area (Å²) in [5.41, 5.74) is 0.0592. The van der Waals surface area contributed by atoms with E-state index in [1.54, 1.807) is 7.05 Å². The van der Waals surface area contributed by atoms with Gasteiger partial charge in [-0.1, -0.05) is 12.1 Å². The molecular formula is C15H23F2N2O5P. The van der Waals surface area contributed by atoms with E-state index in [2.05, 4.69) is 9.84 Å². The summed E-state index contributed by atoms with van der Waals surface area (Å²) in [6, 6.07) is 3.19. The molecule has 0 unspecified atom stereocenters. The molecule has 1 atom stereocenters. The predicted molar refractivity (Wildman–Crippen MR) is 87.7 cm³/mol. The number of phosphoric ester groups is 1. The third-order valence-electron chi connectivity index (χ3n) is 3.72. The summed E-state index contributed by atoms with van der Waals surface area (Å²) in [6.45, 7) is 1.62. The summed E-state index contributed by atoms with van der Waals surface area (Å²) in [6.07, 6.45) is 1.65. The molecule has 0 spiro atoms. The first-order valence-corrected chi connectivity index (χ1v) is 9.28. The lowest BCUT2D eigenvalue weighted by atomic mass is 10.1. The van der Waals surface area contributed by atoms with Crippen molar-refractivity contribution in [3.05, 3.63) is 35.4 Å². The maximum Gasteiger partial charge on any atom is 0.469 e. The molecule has 0 aliphatic rings. The quantitative estimate of drug-likeness (QED) is 0.452. The number of unbranched alkanes of at least 4 members (excludes halogenated alkanes) is 1. The SMILES string of the molecule is C[C@@H](CCCCOP(=O)(O)O)N(C)C(=O)NCc1cccc(F)c1F. The number of phosphoric acid groups is 1. The third kappa shape index (κ3) is 7.92. The van der Waals surface area contributed by atoms with E-state index in [1.165, 1.54) is 17.0 Å². The van der Waals surface area contributed by atoms with Gasteiger partial charge in [0, 0.05) is 25.2 Å². The van der Waals surface area contributed by atoms with E-state index in [4.69, 9.17) is 9.79 Å². The van der Waals surface area contributed by atoms with Crippen LogP contribution in [0.3, 0.4) is 0 Å². The second kappa shape index (κ2) is 9.82. The van der Waals surface area contributed by atoms with Crippen molar-refractivity contribution in [2.45, 2.75) is 38.8 Å². The topological polar surface area (TPSA) is 99.1 Å². The summed E-state index contributed by atoms with van der Waals surface area (Å²) >= 11 is 0. The first kappa shape index (κ1) is 21.5. The van der Waals surface area contributed by atoms with E-state index < -0.39 is 25.5 Å². The zero-order valence-corrected chi connectivity index (χ0v) is 15.0. The molecule has 1 aromatic rings. The number of hydrogen-bond acceptors (Lipinski definition) is 3. The highest BCUT2D eigenvalue weighted by molar-refractivity contribution is 7.46. The van der Waals surface area contributed by atoms with Gasteiger partial charge in [0.05, 0.1) is 6.61 Å². The number of halogens is 2. The van der Waals surface area contributed by atoms with Crippen LogP contribution in [0.1, 0.15) is 31.7 Å². The van der Waals surface area contributed by atoms with Gasteiger partial charge in [-0.25, -0.2) is 18.1 Å². The Morgan fingerprint density at radius 2 is 2.04 bits per heavy atom. The molecule has 7 nitrogen and oxygen atoms in total. The van der Waals surface area contributed by atoms with E-state index in [1.807, 2.05) is 6.92 Å². The first-order valence-electron chi connectivity index (χ1n) is 7.75. The van der Waals surface area contributed by atoms with Gasteiger partial charge in [0.2, 0.25) is 0 Å². The van der Waals surface area contributed by atoms with Gasteiger partial charge in [0.1, 0.15) is 0 Å². The van der Waals surface area contributed by atoms with Crippen molar-refractivity contribution in [2.75, 3.05) is 13.7 Å². The highest BCUT2D eigenvalue weighted by Gasteiger charge is 2.17. The average molecular weight is 380 g/mol. The second-order valence-electron chi connectivity index (χ2n) is 5.65. The zero-order valence-electron chi connectivity index (χ0n) is 14.1. The molecule has 1 aromatic carbocycles. The fourth-order valence-corrected chi connectivity index (χ4v) is 2.47. The van der Waals surface area contributed by atoms with Crippen LogP contribution in [0.5, 0.6) is 0 Å². The summed E-state index contributed by atoms with van der Waals surface area (Å²) in [7, 11) is -2.86. The highest BCUT2D eigenvalue weighted by atomic mass is 31.2. The van der Waals surface area contributed by atoms with E-state index in [0.29, 0.717) is 19.3 Å². The molecule has 10 heteroatoms. The smallest absolute Gasteiger partial charge is 0.334 e. The van der Waals surface area contributed by atoms with Crippen LogP contribution in [-0.2, 0) is 15.6 Å². The lowest BCUT2D eigenvalue weighted by Gasteiger charge is -2.25. The number of nitrogens with zero attached hydrogens (tertiary/aromatic N) is 1. The molecule has 3 N–H and O–H groups in total. The van der Waals surface area contributed by atoms with Crippen LogP contribution in [0.15, 0.2) is 18.2 Å². The summed E-state index contributed by atoms with van der Waals surface area (Å²) in [5, 5.41) is 2.52. The monoisotopic (exact) mass is 380 g/mol. The first-order chi connectivity index (χ1) is 11.6. The van der Waals surface area contributed by atoms with Crippen molar-refractivity contribution in [3.8, 4) is 0 Å². The average Bonchev–Trinajstić information content (AvgIpc) is 2.53. The van der Waals surface area contributed by atoms with Crippen LogP contribution >= 0.6 is 7.82 Å². The van der Waals surface area contributed by atoms with Gasteiger partial charge in [0.15, 0.2) is 11.6 Å². The molecule has 1 rings (SSSR count). The van der Waals surface area contributed by atoms with E-state index >= 15 is 0 Å². The van der Waals surface area contributed by atoms with Crippen molar-refractivity contribution >= 4 is 13.9 Å². The Hall–Kier alpha value is -1.54. The Labute approximate surface area is 145 Å². The highest BCUT2D eigenvalue weighted by Crippen LogP contribution is 2.35. The number of nitrogens with one attached hydrogen (secondary N) is 1. The Morgan fingerprint density at radius 1 is 1.36 bits per heavy atom. The second-order valence-corrected chi connectivity index (χ2v) is 6.89. The molecule has 0 bridgehead atoms. The molecule has 0 heterocycles. The van der Waals surface area contributed by atoms with Gasteiger partial charge >= 0.3 is 13.9 Å². The normalized spacial score (nSPS) is 12.7. The third-order valence-corrected chi connectivity index (χ3v) is 4.24. The van der Waals surface area contributed by atoms with Crippen molar-refractivity contribution < 1.29 is 32.5 Å². The zero-order chi connectivity index (χ0) is 19.0. The maximum atomic E-state index is 13.5. The minimum Gasteiger partial charge on any atom is -0.334 e. The Morgan fingerprint density at radius 3 is 2.68 bits per heavy atom. The number of urea groups is 1. The summed E-state index contributed by atoms with van der Waals surface area (Å²) in [4.78, 5) is 30.6. The molecule has 0 saturated heterocycles. The van der Waals surface area contributed by atoms with Gasteiger partial charge in [0.25, 0.3) is 0 Å². The lowest BCUT2D eigenvalue weighted by molar-refractivity contribution is 0.182. The number of carbonyl (C=O) groups excluding carboxylic acids is 1. The van der Waals surface area contributed by atoms with Crippen molar-refractivity contribution in [1.82, 2.24) is 10.2 Å². The number of carbonyl (C=O) groups is 1. The molecule has 2 amide bonds. The fourth-order valence-electron chi connectivity index (χ4n) is 2.10. The molecule has 0 aliphatic carbocycles. The largest absolute Gasteiger partial charge is 0.469 e. The van der Waals surface area contributed by atoms with Gasteiger partial charge in [-0.05, 0) is 32.3 Å². The summed E-state index contributed by atoms with van der Waals surface area (Å²) in [5.74, 6) is -1.95. The van der Waals surface area contributed by atoms with E-state index in [-0.39, 0.29) is 24.8 Å². The van der Waals surface area contributed by atoms with Gasteiger partial charge in [-0.3, -0.25) is 4.52 Å². The Bertz CT molecular complexity index is 626. The molecule has 0 fully saturated rings. The van der Waals surface area contributed by atoms with E-state index in [0.717, 1.165) is 6.07 Å². The predicted octanol–water partition coefficient (Wildman–Crippen LogP) is 2.77. The fraction of sp³-hybridized carbons (Fsp3) is 0.533. The van der Waals surface area contributed by atoms with Crippen molar-refractivity contribution in [2.24, 2.45) is 0 Å². The molecule has 0 saturated carbocycles. The molecule has 0 aromatic heterocycles.